The molecule has 1 atom stereocenters. The van der Waals surface area contributed by atoms with Gasteiger partial charge in [0.2, 0.25) is 0 Å². The first-order valence-corrected chi connectivity index (χ1v) is 8.31. The largest absolute Gasteiger partial charge is 0.330 e. The highest BCUT2D eigenvalue weighted by molar-refractivity contribution is 5.29. The van der Waals surface area contributed by atoms with E-state index in [2.05, 4.69) is 16.9 Å². The van der Waals surface area contributed by atoms with Crippen molar-refractivity contribution in [2.75, 3.05) is 6.54 Å². The van der Waals surface area contributed by atoms with Crippen LogP contribution >= 0.6 is 0 Å². The molecule has 0 bridgehead atoms. The minimum atomic E-state index is -0.276. The van der Waals surface area contributed by atoms with Gasteiger partial charge in [0, 0.05) is 56.7 Å². The first-order chi connectivity index (χ1) is 11.3. The van der Waals surface area contributed by atoms with Crippen LogP contribution in [-0.4, -0.2) is 30.4 Å². The Balaban J connectivity index is 1.96. The third kappa shape index (κ3) is 2.62. The lowest BCUT2D eigenvalue weighted by Crippen LogP contribution is -2.39. The fourth-order valence-corrected chi connectivity index (χ4v) is 3.75. The minimum Gasteiger partial charge on any atom is -0.299 e. The predicted molar refractivity (Wildman–Crippen MR) is 92.0 cm³/mol. The van der Waals surface area contributed by atoms with E-state index in [0.29, 0.717) is 6.54 Å². The van der Waals surface area contributed by atoms with E-state index in [9.17, 15) is 9.59 Å². The Bertz CT molecular complexity index is 890. The van der Waals surface area contributed by atoms with Crippen molar-refractivity contribution in [2.45, 2.75) is 39.3 Å². The molecule has 1 unspecified atom stereocenters. The molecule has 0 aliphatic carbocycles. The second-order valence-electron chi connectivity index (χ2n) is 6.71. The number of likely N-dealkylation sites (tertiary alicyclic amines) is 1. The number of hydrogen-bond acceptors (Lipinski definition) is 4. The van der Waals surface area contributed by atoms with Crippen LogP contribution in [-0.2, 0) is 27.7 Å². The second-order valence-corrected chi connectivity index (χ2v) is 6.71. The third-order valence-electron chi connectivity index (χ3n) is 5.25. The van der Waals surface area contributed by atoms with Crippen molar-refractivity contribution in [3.05, 3.63) is 49.5 Å². The van der Waals surface area contributed by atoms with Gasteiger partial charge < -0.3 is 0 Å². The van der Waals surface area contributed by atoms with Crippen LogP contribution in [0.15, 0.2) is 15.7 Å². The predicted octanol–water partition coefficient (Wildman–Crippen LogP) is 0.771. The third-order valence-corrected chi connectivity index (χ3v) is 5.25. The zero-order chi connectivity index (χ0) is 17.6. The summed E-state index contributed by atoms with van der Waals surface area (Å²) >= 11 is 0. The van der Waals surface area contributed by atoms with Gasteiger partial charge in [0.1, 0.15) is 0 Å². The molecule has 24 heavy (non-hydrogen) atoms. The SMILES string of the molecule is Cc1nn(C)c(C)c1C1CCCN1Cc1cc(=O)n(C)c(=O)n1C. The van der Waals surface area contributed by atoms with Crippen LogP contribution in [0.25, 0.3) is 0 Å². The summed E-state index contributed by atoms with van der Waals surface area (Å²) < 4.78 is 4.63. The average Bonchev–Trinajstić information content (AvgIpc) is 3.07. The molecule has 0 radical (unpaired) electrons. The van der Waals surface area contributed by atoms with Crippen molar-refractivity contribution in [1.29, 1.82) is 0 Å². The molecule has 2 aromatic rings. The Morgan fingerprint density at radius 2 is 1.88 bits per heavy atom. The number of aryl methyl sites for hydroxylation is 2. The molecule has 1 saturated heterocycles. The number of aromatic nitrogens is 4. The molecule has 0 saturated carbocycles. The van der Waals surface area contributed by atoms with Crippen molar-refractivity contribution in [3.63, 3.8) is 0 Å². The monoisotopic (exact) mass is 331 g/mol. The van der Waals surface area contributed by atoms with Crippen LogP contribution < -0.4 is 11.2 Å². The quantitative estimate of drug-likeness (QED) is 0.833. The van der Waals surface area contributed by atoms with E-state index in [1.165, 1.54) is 18.3 Å². The first kappa shape index (κ1) is 16.7. The molecule has 0 spiro atoms. The molecular weight excluding hydrogens is 306 g/mol. The van der Waals surface area contributed by atoms with Crippen molar-refractivity contribution in [2.24, 2.45) is 21.1 Å². The van der Waals surface area contributed by atoms with E-state index in [0.717, 1.165) is 35.3 Å². The number of hydrogen-bond donors (Lipinski definition) is 0. The lowest BCUT2D eigenvalue weighted by molar-refractivity contribution is 0.240. The van der Waals surface area contributed by atoms with Gasteiger partial charge in [-0.15, -0.1) is 0 Å². The standard InChI is InChI=1S/C17H25N5O2/c1-11-16(12(2)21(5)18-11)14-7-6-8-22(14)10-13-9-15(23)20(4)17(24)19(13)3/h9,14H,6-8,10H2,1-5H3. The molecule has 7 nitrogen and oxygen atoms in total. The minimum absolute atomic E-state index is 0.252. The van der Waals surface area contributed by atoms with Gasteiger partial charge in [-0.1, -0.05) is 0 Å². The van der Waals surface area contributed by atoms with Crippen molar-refractivity contribution in [1.82, 2.24) is 23.8 Å². The van der Waals surface area contributed by atoms with Crippen molar-refractivity contribution >= 4 is 0 Å². The highest BCUT2D eigenvalue weighted by atomic mass is 16.2. The summed E-state index contributed by atoms with van der Waals surface area (Å²) in [5, 5.41) is 4.54. The van der Waals surface area contributed by atoms with Gasteiger partial charge in [-0.05, 0) is 33.2 Å². The summed E-state index contributed by atoms with van der Waals surface area (Å²) in [6, 6.07) is 1.86. The fourth-order valence-electron chi connectivity index (χ4n) is 3.75. The molecule has 2 aromatic heterocycles. The van der Waals surface area contributed by atoms with Gasteiger partial charge >= 0.3 is 5.69 Å². The molecule has 3 heterocycles. The number of nitrogens with zero attached hydrogens (tertiary/aromatic N) is 5. The van der Waals surface area contributed by atoms with Crippen LogP contribution in [0, 0.1) is 13.8 Å². The van der Waals surface area contributed by atoms with Crippen molar-refractivity contribution in [3.8, 4) is 0 Å². The molecule has 1 fully saturated rings. The van der Waals surface area contributed by atoms with Crippen LogP contribution in [0.1, 0.15) is 41.5 Å². The highest BCUT2D eigenvalue weighted by Crippen LogP contribution is 2.36. The van der Waals surface area contributed by atoms with Crippen LogP contribution in [0.2, 0.25) is 0 Å². The maximum absolute atomic E-state index is 12.1. The van der Waals surface area contributed by atoms with Gasteiger partial charge in [0.15, 0.2) is 0 Å². The Morgan fingerprint density at radius 3 is 2.50 bits per heavy atom. The van der Waals surface area contributed by atoms with Crippen molar-refractivity contribution < 1.29 is 0 Å². The fraction of sp³-hybridized carbons (Fsp3) is 0.588. The molecule has 3 rings (SSSR count). The summed E-state index contributed by atoms with van der Waals surface area (Å²) in [6.45, 7) is 5.70. The average molecular weight is 331 g/mol. The molecular formula is C17H25N5O2. The van der Waals surface area contributed by atoms with E-state index in [-0.39, 0.29) is 17.3 Å². The topological polar surface area (TPSA) is 65.1 Å². The number of rotatable bonds is 3. The second kappa shape index (κ2) is 6.05. The summed E-state index contributed by atoms with van der Waals surface area (Å²) in [5.74, 6) is 0. The van der Waals surface area contributed by atoms with Crippen LogP contribution in [0.5, 0.6) is 0 Å². The van der Waals surface area contributed by atoms with E-state index in [1.807, 2.05) is 18.7 Å². The van der Waals surface area contributed by atoms with Gasteiger partial charge in [0.05, 0.1) is 5.69 Å². The summed E-state index contributed by atoms with van der Waals surface area (Å²) in [7, 11) is 5.20. The maximum Gasteiger partial charge on any atom is 0.330 e. The molecule has 0 aromatic carbocycles. The Hall–Kier alpha value is -2.15. The maximum atomic E-state index is 12.1. The van der Waals surface area contributed by atoms with E-state index >= 15 is 0 Å². The zero-order valence-electron chi connectivity index (χ0n) is 15.0. The Kier molecular flexibility index (Phi) is 4.21. The summed E-state index contributed by atoms with van der Waals surface area (Å²) in [6.07, 6.45) is 2.18. The summed E-state index contributed by atoms with van der Waals surface area (Å²) in [4.78, 5) is 26.5. The molecule has 1 aliphatic rings. The van der Waals surface area contributed by atoms with Gasteiger partial charge in [0.25, 0.3) is 5.56 Å². The lowest BCUT2D eigenvalue weighted by atomic mass is 10.0. The van der Waals surface area contributed by atoms with Gasteiger partial charge in [-0.3, -0.25) is 23.5 Å². The zero-order valence-corrected chi connectivity index (χ0v) is 15.0. The Morgan fingerprint density at radius 1 is 1.17 bits per heavy atom. The van der Waals surface area contributed by atoms with Crippen LogP contribution in [0.4, 0.5) is 0 Å². The smallest absolute Gasteiger partial charge is 0.299 e. The molecule has 0 amide bonds. The molecule has 7 heteroatoms. The summed E-state index contributed by atoms with van der Waals surface area (Å²) in [5.41, 5.74) is 3.75. The molecule has 0 N–H and O–H groups in total. The highest BCUT2D eigenvalue weighted by Gasteiger charge is 2.30. The molecule has 1 aliphatic heterocycles. The Labute approximate surface area is 141 Å². The first-order valence-electron chi connectivity index (χ1n) is 8.31. The van der Waals surface area contributed by atoms with Crippen LogP contribution in [0.3, 0.4) is 0 Å². The van der Waals surface area contributed by atoms with Gasteiger partial charge in [-0.2, -0.15) is 5.10 Å². The van der Waals surface area contributed by atoms with Gasteiger partial charge in [-0.25, -0.2) is 4.79 Å². The lowest BCUT2D eigenvalue weighted by Gasteiger charge is -2.26. The van der Waals surface area contributed by atoms with E-state index < -0.39 is 0 Å². The van der Waals surface area contributed by atoms with E-state index in [1.54, 1.807) is 17.7 Å². The normalized spacial score (nSPS) is 18.5. The van der Waals surface area contributed by atoms with E-state index in [4.69, 9.17) is 0 Å². The molecule has 130 valence electrons.